The van der Waals surface area contributed by atoms with Crippen molar-refractivity contribution in [2.75, 3.05) is 44.7 Å². The van der Waals surface area contributed by atoms with Crippen molar-refractivity contribution >= 4 is 15.8 Å². The first-order valence-electron chi connectivity index (χ1n) is 8.22. The molecule has 1 fully saturated rings. The quantitative estimate of drug-likeness (QED) is 0.554. The van der Waals surface area contributed by atoms with Gasteiger partial charge in [-0.15, -0.1) is 0 Å². The summed E-state index contributed by atoms with van der Waals surface area (Å²) in [7, 11) is -1.11. The van der Waals surface area contributed by atoms with Gasteiger partial charge in [0.15, 0.2) is 21.6 Å². The predicted molar refractivity (Wildman–Crippen MR) is 93.9 cm³/mol. The summed E-state index contributed by atoms with van der Waals surface area (Å²) in [5.41, 5.74) is 0.940. The summed E-state index contributed by atoms with van der Waals surface area (Å²) in [4.78, 5) is 6.31. The first-order valence-corrected chi connectivity index (χ1v) is 10.0. The van der Waals surface area contributed by atoms with Crippen LogP contribution in [-0.2, 0) is 16.4 Å². The zero-order valence-electron chi connectivity index (χ0n) is 14.6. The van der Waals surface area contributed by atoms with Gasteiger partial charge in [-0.2, -0.15) is 0 Å². The van der Waals surface area contributed by atoms with Gasteiger partial charge in [-0.1, -0.05) is 19.0 Å². The van der Waals surface area contributed by atoms with E-state index >= 15 is 0 Å². The highest BCUT2D eigenvalue weighted by molar-refractivity contribution is 7.91. The van der Waals surface area contributed by atoms with Crippen LogP contribution in [-0.4, -0.2) is 69.2 Å². The van der Waals surface area contributed by atoms with Crippen LogP contribution in [0.2, 0.25) is 0 Å². The maximum absolute atomic E-state index is 11.4. The fourth-order valence-corrected chi connectivity index (χ4v) is 3.66. The van der Waals surface area contributed by atoms with Crippen LogP contribution < -0.4 is 10.6 Å². The largest absolute Gasteiger partial charge is 0.359 e. The van der Waals surface area contributed by atoms with Crippen molar-refractivity contribution in [2.45, 2.75) is 26.3 Å². The average molecular weight is 357 g/mol. The molecule has 0 aromatic carbocycles. The van der Waals surface area contributed by atoms with E-state index in [2.05, 4.69) is 39.5 Å². The number of aliphatic imine (C=N–C) groups is 1. The van der Waals surface area contributed by atoms with Crippen LogP contribution in [0.1, 0.15) is 31.2 Å². The SMILES string of the molecule is CN=C(NCCN1CCS(=O)(=O)CC1)NCc1cc(C(C)C)no1. The normalized spacial score (nSPS) is 18.8. The highest BCUT2D eigenvalue weighted by Gasteiger charge is 2.20. The molecule has 2 N–H and O–H groups in total. The number of hydrogen-bond acceptors (Lipinski definition) is 6. The van der Waals surface area contributed by atoms with E-state index < -0.39 is 9.84 Å². The van der Waals surface area contributed by atoms with Gasteiger partial charge in [0.05, 0.1) is 23.7 Å². The van der Waals surface area contributed by atoms with Gasteiger partial charge in [0.2, 0.25) is 0 Å². The van der Waals surface area contributed by atoms with Gasteiger partial charge < -0.3 is 15.2 Å². The first-order chi connectivity index (χ1) is 11.4. The highest BCUT2D eigenvalue weighted by atomic mass is 32.2. The molecular weight excluding hydrogens is 330 g/mol. The van der Waals surface area contributed by atoms with Crippen molar-refractivity contribution in [3.63, 3.8) is 0 Å². The van der Waals surface area contributed by atoms with Gasteiger partial charge in [-0.05, 0) is 5.92 Å². The van der Waals surface area contributed by atoms with Gasteiger partial charge in [-0.3, -0.25) is 9.89 Å². The molecule has 1 aromatic heterocycles. The number of sulfone groups is 1. The summed E-state index contributed by atoms with van der Waals surface area (Å²) in [5.74, 6) is 2.30. The topological polar surface area (TPSA) is 99.8 Å². The maximum Gasteiger partial charge on any atom is 0.191 e. The van der Waals surface area contributed by atoms with Gasteiger partial charge in [0, 0.05) is 39.3 Å². The molecule has 2 rings (SSSR count). The van der Waals surface area contributed by atoms with E-state index in [1.807, 2.05) is 6.07 Å². The third-order valence-corrected chi connectivity index (χ3v) is 5.59. The summed E-state index contributed by atoms with van der Waals surface area (Å²) in [6, 6.07) is 1.94. The van der Waals surface area contributed by atoms with Crippen molar-refractivity contribution in [1.29, 1.82) is 0 Å². The van der Waals surface area contributed by atoms with E-state index in [1.165, 1.54) is 0 Å². The van der Waals surface area contributed by atoms with Crippen LogP contribution in [0.4, 0.5) is 0 Å². The molecule has 0 bridgehead atoms. The molecule has 0 aliphatic carbocycles. The molecule has 0 radical (unpaired) electrons. The smallest absolute Gasteiger partial charge is 0.191 e. The second-order valence-electron chi connectivity index (χ2n) is 6.22. The van der Waals surface area contributed by atoms with Gasteiger partial charge >= 0.3 is 0 Å². The Kier molecular flexibility index (Phi) is 6.61. The van der Waals surface area contributed by atoms with Gasteiger partial charge in [-0.25, -0.2) is 8.42 Å². The van der Waals surface area contributed by atoms with Gasteiger partial charge in [0.25, 0.3) is 0 Å². The molecule has 0 spiro atoms. The van der Waals surface area contributed by atoms with E-state index in [0.29, 0.717) is 38.1 Å². The van der Waals surface area contributed by atoms with Crippen molar-refractivity contribution in [2.24, 2.45) is 4.99 Å². The summed E-state index contributed by atoms with van der Waals surface area (Å²) in [6.07, 6.45) is 0. The molecule has 1 aromatic rings. The average Bonchev–Trinajstić information content (AvgIpc) is 3.01. The Bertz CT molecular complexity index is 640. The predicted octanol–water partition coefficient (Wildman–Crippen LogP) is 0.193. The Balaban J connectivity index is 1.69. The van der Waals surface area contributed by atoms with Crippen molar-refractivity contribution < 1.29 is 12.9 Å². The number of rotatable bonds is 6. The third kappa shape index (κ3) is 5.79. The van der Waals surface area contributed by atoms with E-state index in [0.717, 1.165) is 18.0 Å². The summed E-state index contributed by atoms with van der Waals surface area (Å²) in [5, 5.41) is 10.4. The summed E-state index contributed by atoms with van der Waals surface area (Å²) < 4.78 is 28.1. The Labute approximate surface area is 143 Å². The van der Waals surface area contributed by atoms with Crippen LogP contribution in [0.25, 0.3) is 0 Å². The molecule has 0 amide bonds. The molecule has 1 saturated heterocycles. The second-order valence-corrected chi connectivity index (χ2v) is 8.52. The summed E-state index contributed by atoms with van der Waals surface area (Å²) >= 11 is 0. The lowest BCUT2D eigenvalue weighted by atomic mass is 10.1. The molecule has 1 aliphatic rings. The second kappa shape index (κ2) is 8.48. The standard InChI is InChI=1S/C15H27N5O3S/c1-12(2)14-10-13(23-19-14)11-18-15(16-3)17-4-5-20-6-8-24(21,22)9-7-20/h10,12H,4-9,11H2,1-3H3,(H2,16,17,18). The molecular formula is C15H27N5O3S. The van der Waals surface area contributed by atoms with E-state index in [1.54, 1.807) is 7.05 Å². The van der Waals surface area contributed by atoms with Crippen molar-refractivity contribution in [3.05, 3.63) is 17.5 Å². The zero-order valence-corrected chi connectivity index (χ0v) is 15.4. The fraction of sp³-hybridized carbons (Fsp3) is 0.733. The zero-order chi connectivity index (χ0) is 17.6. The van der Waals surface area contributed by atoms with Crippen molar-refractivity contribution in [3.8, 4) is 0 Å². The Hall–Kier alpha value is -1.61. The molecule has 24 heavy (non-hydrogen) atoms. The molecule has 2 heterocycles. The minimum atomic E-state index is -2.82. The van der Waals surface area contributed by atoms with Crippen LogP contribution in [0.15, 0.2) is 15.6 Å². The molecule has 136 valence electrons. The van der Waals surface area contributed by atoms with E-state index in [9.17, 15) is 8.42 Å². The number of aromatic nitrogens is 1. The lowest BCUT2D eigenvalue weighted by molar-refractivity contribution is 0.299. The fourth-order valence-electron chi connectivity index (χ4n) is 2.38. The third-order valence-electron chi connectivity index (χ3n) is 3.98. The number of nitrogens with zero attached hydrogens (tertiary/aromatic N) is 3. The molecule has 8 nitrogen and oxygen atoms in total. The van der Waals surface area contributed by atoms with Crippen molar-refractivity contribution in [1.82, 2.24) is 20.7 Å². The van der Waals surface area contributed by atoms with Crippen LogP contribution in [0.3, 0.4) is 0 Å². The van der Waals surface area contributed by atoms with Gasteiger partial charge in [0.1, 0.15) is 0 Å². The Morgan fingerprint density at radius 2 is 2.08 bits per heavy atom. The van der Waals surface area contributed by atoms with E-state index in [4.69, 9.17) is 4.52 Å². The molecule has 0 unspecified atom stereocenters. The maximum atomic E-state index is 11.4. The number of hydrogen-bond donors (Lipinski definition) is 2. The molecule has 1 aliphatic heterocycles. The highest BCUT2D eigenvalue weighted by Crippen LogP contribution is 2.13. The molecule has 0 saturated carbocycles. The summed E-state index contributed by atoms with van der Waals surface area (Å²) in [6.45, 7) is 7.35. The Morgan fingerprint density at radius 3 is 2.67 bits per heavy atom. The molecule has 0 atom stereocenters. The minimum Gasteiger partial charge on any atom is -0.359 e. The first kappa shape index (κ1) is 18.7. The van der Waals surface area contributed by atoms with Crippen LogP contribution in [0.5, 0.6) is 0 Å². The molecule has 9 heteroatoms. The minimum absolute atomic E-state index is 0.254. The lowest BCUT2D eigenvalue weighted by Gasteiger charge is -2.26. The Morgan fingerprint density at radius 1 is 1.38 bits per heavy atom. The lowest BCUT2D eigenvalue weighted by Crippen LogP contribution is -2.45. The van der Waals surface area contributed by atoms with Crippen LogP contribution in [0, 0.1) is 0 Å². The number of nitrogens with one attached hydrogen (secondary N) is 2. The monoisotopic (exact) mass is 357 g/mol. The van der Waals surface area contributed by atoms with E-state index in [-0.39, 0.29) is 11.5 Å². The van der Waals surface area contributed by atoms with Crippen LogP contribution >= 0.6 is 0 Å². The number of guanidine groups is 1.